The second kappa shape index (κ2) is 5.22. The Hall–Kier alpha value is -2.17. The molecule has 0 fully saturated rings. The molecular weight excluding hydrogens is 246 g/mol. The Balaban J connectivity index is 2.33. The Bertz CT molecular complexity index is 550. The number of nitrogens with zero attached hydrogens (tertiary/aromatic N) is 1. The highest BCUT2D eigenvalue weighted by Gasteiger charge is 2.24. The number of likely N-dealkylation sites (N-methyl/N-ethyl adjacent to an activating group) is 1. The molecule has 1 amide bonds. The molecule has 0 spiro atoms. The van der Waals surface area contributed by atoms with Crippen molar-refractivity contribution in [1.29, 1.82) is 0 Å². The summed E-state index contributed by atoms with van der Waals surface area (Å²) in [6.07, 6.45) is 0.873. The number of anilines is 1. The number of carbonyl (C=O) groups is 3. The van der Waals surface area contributed by atoms with Crippen LogP contribution in [0.25, 0.3) is 0 Å². The van der Waals surface area contributed by atoms with Crippen molar-refractivity contribution in [1.82, 2.24) is 0 Å². The lowest BCUT2D eigenvalue weighted by Crippen LogP contribution is -2.35. The lowest BCUT2D eigenvalue weighted by Gasteiger charge is -2.26. The van der Waals surface area contributed by atoms with E-state index in [1.54, 1.807) is 19.2 Å². The lowest BCUT2D eigenvalue weighted by atomic mass is 10.0. The van der Waals surface area contributed by atoms with Gasteiger partial charge in [-0.05, 0) is 24.6 Å². The molecule has 2 rings (SSSR count). The highest BCUT2D eigenvalue weighted by Crippen LogP contribution is 2.32. The lowest BCUT2D eigenvalue weighted by molar-refractivity contribution is -0.121. The van der Waals surface area contributed by atoms with Gasteiger partial charge in [0.15, 0.2) is 6.61 Å². The van der Waals surface area contributed by atoms with Gasteiger partial charge in [0.05, 0.1) is 5.69 Å². The van der Waals surface area contributed by atoms with Crippen LogP contribution in [0.4, 0.5) is 5.69 Å². The first-order valence-electron chi connectivity index (χ1n) is 6.15. The minimum Gasteiger partial charge on any atom is -0.482 e. The van der Waals surface area contributed by atoms with Crippen molar-refractivity contribution in [2.75, 3.05) is 18.6 Å². The Morgan fingerprint density at radius 2 is 2.11 bits per heavy atom. The average molecular weight is 261 g/mol. The molecule has 1 heterocycles. The molecule has 1 aliphatic heterocycles. The van der Waals surface area contributed by atoms with Gasteiger partial charge in [-0.1, -0.05) is 6.92 Å². The highest BCUT2D eigenvalue weighted by atomic mass is 16.5. The number of Topliss-reactive ketones (excluding diaryl/α,β-unsaturated/α-hetero) is 2. The molecule has 100 valence electrons. The van der Waals surface area contributed by atoms with Crippen LogP contribution in [-0.4, -0.2) is 31.1 Å². The summed E-state index contributed by atoms with van der Waals surface area (Å²) in [7, 11) is 1.62. The van der Waals surface area contributed by atoms with E-state index in [1.807, 2.05) is 6.92 Å². The molecule has 0 atom stereocenters. The Labute approximate surface area is 111 Å². The summed E-state index contributed by atoms with van der Waals surface area (Å²) in [5, 5.41) is 0. The maximum Gasteiger partial charge on any atom is 0.264 e. The number of hydrogen-bond donors (Lipinski definition) is 0. The Kier molecular flexibility index (Phi) is 3.64. The summed E-state index contributed by atoms with van der Waals surface area (Å²) in [5.74, 6) is -0.567. The molecule has 5 nitrogen and oxygen atoms in total. The number of carbonyl (C=O) groups excluding carboxylic acids is 3. The van der Waals surface area contributed by atoms with Gasteiger partial charge >= 0.3 is 0 Å². The molecule has 1 aromatic rings. The van der Waals surface area contributed by atoms with Crippen LogP contribution in [0.5, 0.6) is 5.75 Å². The maximum absolute atomic E-state index is 11.9. The molecule has 5 heteroatoms. The zero-order chi connectivity index (χ0) is 14.0. The van der Waals surface area contributed by atoms with E-state index in [2.05, 4.69) is 0 Å². The van der Waals surface area contributed by atoms with Crippen LogP contribution in [0.1, 0.15) is 30.1 Å². The van der Waals surface area contributed by atoms with Gasteiger partial charge in [0, 0.05) is 19.0 Å². The van der Waals surface area contributed by atoms with E-state index >= 15 is 0 Å². The van der Waals surface area contributed by atoms with Gasteiger partial charge in [0.25, 0.3) is 5.91 Å². The fourth-order valence-electron chi connectivity index (χ4n) is 1.92. The standard InChI is InChI=1S/C14H15NO4/c1-3-4-11(16)14(18)9-5-6-12-10(7-9)15(2)13(17)8-19-12/h5-7H,3-4,8H2,1-2H3. The van der Waals surface area contributed by atoms with Crippen LogP contribution in [0, 0.1) is 0 Å². The summed E-state index contributed by atoms with van der Waals surface area (Å²) >= 11 is 0. The third-order valence-electron chi connectivity index (χ3n) is 3.04. The van der Waals surface area contributed by atoms with Crippen LogP contribution in [0.3, 0.4) is 0 Å². The molecule has 0 radical (unpaired) electrons. The summed E-state index contributed by atoms with van der Waals surface area (Å²) in [4.78, 5) is 36.5. The van der Waals surface area contributed by atoms with Crippen molar-refractivity contribution in [2.45, 2.75) is 19.8 Å². The number of amides is 1. The summed E-state index contributed by atoms with van der Waals surface area (Å²) < 4.78 is 5.26. The Morgan fingerprint density at radius 3 is 2.79 bits per heavy atom. The maximum atomic E-state index is 11.9. The molecule has 0 unspecified atom stereocenters. The van der Waals surface area contributed by atoms with Gasteiger partial charge in [0.1, 0.15) is 5.75 Å². The number of rotatable bonds is 4. The minimum atomic E-state index is -0.518. The molecule has 19 heavy (non-hydrogen) atoms. The van der Waals surface area contributed by atoms with E-state index in [4.69, 9.17) is 4.74 Å². The van der Waals surface area contributed by atoms with Gasteiger partial charge < -0.3 is 9.64 Å². The van der Waals surface area contributed by atoms with E-state index in [0.29, 0.717) is 23.4 Å². The van der Waals surface area contributed by atoms with Crippen LogP contribution >= 0.6 is 0 Å². The fourth-order valence-corrected chi connectivity index (χ4v) is 1.92. The van der Waals surface area contributed by atoms with Crippen LogP contribution in [0.15, 0.2) is 18.2 Å². The van der Waals surface area contributed by atoms with Crippen LogP contribution in [-0.2, 0) is 9.59 Å². The van der Waals surface area contributed by atoms with Crippen molar-refractivity contribution >= 4 is 23.2 Å². The second-order valence-electron chi connectivity index (χ2n) is 4.43. The molecule has 0 aliphatic carbocycles. The third-order valence-corrected chi connectivity index (χ3v) is 3.04. The molecule has 0 bridgehead atoms. The molecule has 0 aromatic heterocycles. The predicted octanol–water partition coefficient (Wildman–Crippen LogP) is 1.59. The van der Waals surface area contributed by atoms with E-state index in [1.165, 1.54) is 11.0 Å². The quantitative estimate of drug-likeness (QED) is 0.610. The van der Waals surface area contributed by atoms with Crippen molar-refractivity contribution in [3.8, 4) is 5.75 Å². The summed E-state index contributed by atoms with van der Waals surface area (Å²) in [6, 6.07) is 4.70. The van der Waals surface area contributed by atoms with E-state index in [-0.39, 0.29) is 18.9 Å². The van der Waals surface area contributed by atoms with Gasteiger partial charge in [-0.2, -0.15) is 0 Å². The van der Waals surface area contributed by atoms with Gasteiger partial charge in [-0.15, -0.1) is 0 Å². The first kappa shape index (κ1) is 13.3. The van der Waals surface area contributed by atoms with Gasteiger partial charge in [0.2, 0.25) is 11.6 Å². The second-order valence-corrected chi connectivity index (χ2v) is 4.43. The third kappa shape index (κ3) is 2.50. The topological polar surface area (TPSA) is 63.7 Å². The summed E-state index contributed by atoms with van der Waals surface area (Å²) in [6.45, 7) is 1.84. The molecule has 0 N–H and O–H groups in total. The van der Waals surface area contributed by atoms with E-state index in [0.717, 1.165) is 0 Å². The van der Waals surface area contributed by atoms with Crippen molar-refractivity contribution in [2.24, 2.45) is 0 Å². The number of ether oxygens (including phenoxy) is 1. The fraction of sp³-hybridized carbons (Fsp3) is 0.357. The molecule has 0 saturated heterocycles. The number of ketones is 2. The SMILES string of the molecule is CCCC(=O)C(=O)c1ccc2c(c1)N(C)C(=O)CO2. The van der Waals surface area contributed by atoms with Gasteiger partial charge in [-0.25, -0.2) is 0 Å². The largest absolute Gasteiger partial charge is 0.482 e. The van der Waals surface area contributed by atoms with E-state index < -0.39 is 11.6 Å². The molecular formula is C14H15NO4. The monoisotopic (exact) mass is 261 g/mol. The number of benzene rings is 1. The normalized spacial score (nSPS) is 13.8. The predicted molar refractivity (Wildman–Crippen MR) is 69.6 cm³/mol. The zero-order valence-corrected chi connectivity index (χ0v) is 10.9. The molecule has 1 aromatic carbocycles. The number of fused-ring (bicyclic) bond motifs is 1. The summed E-state index contributed by atoms with van der Waals surface area (Å²) in [5.41, 5.74) is 0.814. The van der Waals surface area contributed by atoms with Gasteiger partial charge in [-0.3, -0.25) is 14.4 Å². The minimum absolute atomic E-state index is 0.00837. The smallest absolute Gasteiger partial charge is 0.264 e. The first-order chi connectivity index (χ1) is 9.04. The van der Waals surface area contributed by atoms with Crippen LogP contribution in [0.2, 0.25) is 0 Å². The Morgan fingerprint density at radius 1 is 1.37 bits per heavy atom. The van der Waals surface area contributed by atoms with Crippen molar-refractivity contribution in [3.63, 3.8) is 0 Å². The molecule has 1 aliphatic rings. The zero-order valence-electron chi connectivity index (χ0n) is 10.9. The highest BCUT2D eigenvalue weighted by molar-refractivity contribution is 6.43. The average Bonchev–Trinajstić information content (AvgIpc) is 2.42. The number of hydrogen-bond acceptors (Lipinski definition) is 4. The van der Waals surface area contributed by atoms with Crippen LogP contribution < -0.4 is 9.64 Å². The van der Waals surface area contributed by atoms with Crippen molar-refractivity contribution < 1.29 is 19.1 Å². The van der Waals surface area contributed by atoms with E-state index in [9.17, 15) is 14.4 Å². The molecule has 0 saturated carbocycles. The van der Waals surface area contributed by atoms with Crippen molar-refractivity contribution in [3.05, 3.63) is 23.8 Å². The first-order valence-corrected chi connectivity index (χ1v) is 6.15.